The van der Waals surface area contributed by atoms with Gasteiger partial charge in [0.1, 0.15) is 11.4 Å². The Morgan fingerprint density at radius 1 is 0.794 bits per heavy atom. The number of amides is 2. The molecule has 0 fully saturated rings. The predicted octanol–water partition coefficient (Wildman–Crippen LogP) is 6.30. The first kappa shape index (κ1) is 23.3. The third kappa shape index (κ3) is 4.60. The van der Waals surface area contributed by atoms with Crippen molar-refractivity contribution in [2.75, 3.05) is 10.2 Å². The van der Waals surface area contributed by atoms with Crippen LogP contribution in [0.3, 0.4) is 0 Å². The van der Waals surface area contributed by atoms with Crippen LogP contribution in [0.5, 0.6) is 5.75 Å². The zero-order valence-electron chi connectivity index (χ0n) is 20.3. The van der Waals surface area contributed by atoms with Crippen LogP contribution >= 0.6 is 0 Å². The summed E-state index contributed by atoms with van der Waals surface area (Å²) in [6.45, 7) is 10.1. The number of nitrogens with zero attached hydrogens (tertiary/aromatic N) is 1. The number of imide groups is 1. The van der Waals surface area contributed by atoms with Crippen molar-refractivity contribution in [3.63, 3.8) is 0 Å². The smallest absolute Gasteiger partial charge is 0.282 e. The summed E-state index contributed by atoms with van der Waals surface area (Å²) in [5.41, 5.74) is 4.67. The van der Waals surface area contributed by atoms with Crippen molar-refractivity contribution in [1.29, 1.82) is 0 Å². The largest absolute Gasteiger partial charge is 0.491 e. The molecule has 0 atom stereocenters. The van der Waals surface area contributed by atoms with Gasteiger partial charge >= 0.3 is 0 Å². The number of hydrogen-bond acceptors (Lipinski definition) is 4. The van der Waals surface area contributed by atoms with Crippen LogP contribution in [0.4, 0.5) is 11.4 Å². The molecular formula is C29H30N2O3. The van der Waals surface area contributed by atoms with E-state index in [1.165, 1.54) is 10.5 Å². The van der Waals surface area contributed by atoms with E-state index in [4.69, 9.17) is 4.74 Å². The van der Waals surface area contributed by atoms with Gasteiger partial charge in [-0.3, -0.25) is 9.59 Å². The number of nitrogens with one attached hydrogen (secondary N) is 1. The van der Waals surface area contributed by atoms with Crippen LogP contribution in [-0.4, -0.2) is 17.9 Å². The number of para-hydroxylation sites is 1. The normalized spacial score (nSPS) is 13.9. The lowest BCUT2D eigenvalue weighted by molar-refractivity contribution is -0.120. The molecule has 4 rings (SSSR count). The predicted molar refractivity (Wildman–Crippen MR) is 137 cm³/mol. The minimum absolute atomic E-state index is 0.0438. The van der Waals surface area contributed by atoms with Crippen molar-refractivity contribution in [2.45, 2.75) is 46.6 Å². The molecule has 0 radical (unpaired) electrons. The summed E-state index contributed by atoms with van der Waals surface area (Å²) in [4.78, 5) is 28.5. The van der Waals surface area contributed by atoms with Crippen LogP contribution in [0, 0.1) is 6.92 Å². The first-order chi connectivity index (χ1) is 16.3. The summed E-state index contributed by atoms with van der Waals surface area (Å²) in [6.07, 6.45) is 0.0438. The quantitative estimate of drug-likeness (QED) is 0.426. The van der Waals surface area contributed by atoms with E-state index >= 15 is 0 Å². The van der Waals surface area contributed by atoms with Crippen molar-refractivity contribution < 1.29 is 14.3 Å². The molecule has 3 aromatic carbocycles. The number of benzene rings is 3. The highest BCUT2D eigenvalue weighted by Gasteiger charge is 2.40. The average Bonchev–Trinajstić information content (AvgIpc) is 3.04. The molecule has 1 heterocycles. The van der Waals surface area contributed by atoms with Gasteiger partial charge in [-0.15, -0.1) is 0 Å². The molecule has 174 valence electrons. The number of anilines is 2. The monoisotopic (exact) mass is 454 g/mol. The first-order valence-electron chi connectivity index (χ1n) is 11.6. The van der Waals surface area contributed by atoms with E-state index in [0.717, 1.165) is 11.3 Å². The number of aryl methyl sites for hydroxylation is 1. The van der Waals surface area contributed by atoms with E-state index in [2.05, 4.69) is 19.2 Å². The van der Waals surface area contributed by atoms with Gasteiger partial charge in [0.25, 0.3) is 11.8 Å². The standard InChI is InChI=1S/C29H30N2O3/c1-18(2)21-10-14-23(15-11-21)30-27-26(22-12-16-24(17-13-22)34-19(3)4)28(32)31(29(27)33)25-9-7-6-8-20(25)5/h6-19,30H,1-5H3. The fourth-order valence-corrected chi connectivity index (χ4v) is 4.01. The molecule has 1 N–H and O–H groups in total. The Bertz CT molecular complexity index is 1240. The lowest BCUT2D eigenvalue weighted by atomic mass is 10.0. The van der Waals surface area contributed by atoms with Gasteiger partial charge in [-0.2, -0.15) is 0 Å². The minimum Gasteiger partial charge on any atom is -0.491 e. The number of rotatable bonds is 7. The van der Waals surface area contributed by atoms with Gasteiger partial charge in [0.05, 0.1) is 17.4 Å². The molecule has 0 bridgehead atoms. The van der Waals surface area contributed by atoms with Crippen molar-refractivity contribution in [2.24, 2.45) is 0 Å². The highest BCUT2D eigenvalue weighted by molar-refractivity contribution is 6.46. The zero-order chi connectivity index (χ0) is 24.4. The van der Waals surface area contributed by atoms with Gasteiger partial charge in [-0.25, -0.2) is 4.90 Å². The molecule has 1 aliphatic heterocycles. The zero-order valence-corrected chi connectivity index (χ0v) is 20.3. The Kier molecular flexibility index (Phi) is 6.55. The maximum Gasteiger partial charge on any atom is 0.282 e. The van der Waals surface area contributed by atoms with Gasteiger partial charge in [0.15, 0.2) is 0 Å². The molecule has 0 aromatic heterocycles. The third-order valence-corrected chi connectivity index (χ3v) is 5.80. The molecule has 34 heavy (non-hydrogen) atoms. The lowest BCUT2D eigenvalue weighted by Gasteiger charge is -2.17. The van der Waals surface area contributed by atoms with Crippen LogP contribution in [-0.2, 0) is 9.59 Å². The van der Waals surface area contributed by atoms with Gasteiger partial charge in [-0.05, 0) is 73.7 Å². The van der Waals surface area contributed by atoms with E-state index in [1.54, 1.807) is 6.07 Å². The van der Waals surface area contributed by atoms with Crippen LogP contribution in [0.2, 0.25) is 0 Å². The molecule has 0 aliphatic carbocycles. The SMILES string of the molecule is Cc1ccccc1N1C(=O)C(Nc2ccc(C(C)C)cc2)=C(c2ccc(OC(C)C)cc2)C1=O. The summed E-state index contributed by atoms with van der Waals surface area (Å²) >= 11 is 0. The highest BCUT2D eigenvalue weighted by atomic mass is 16.5. The fraction of sp³-hybridized carbons (Fsp3) is 0.241. The molecular weight excluding hydrogens is 424 g/mol. The van der Waals surface area contributed by atoms with Gasteiger partial charge in [0.2, 0.25) is 0 Å². The second-order valence-electron chi connectivity index (χ2n) is 9.07. The van der Waals surface area contributed by atoms with E-state index in [0.29, 0.717) is 28.5 Å². The van der Waals surface area contributed by atoms with Crippen molar-refractivity contribution in [3.05, 3.63) is 95.2 Å². The van der Waals surface area contributed by atoms with Crippen LogP contribution in [0.1, 0.15) is 50.3 Å². The Morgan fingerprint density at radius 3 is 2.03 bits per heavy atom. The van der Waals surface area contributed by atoms with Gasteiger partial charge in [0, 0.05) is 5.69 Å². The maximum atomic E-state index is 13.7. The maximum absolute atomic E-state index is 13.7. The van der Waals surface area contributed by atoms with E-state index in [9.17, 15) is 9.59 Å². The summed E-state index contributed by atoms with van der Waals surface area (Å²) in [5.74, 6) is 0.398. The third-order valence-electron chi connectivity index (χ3n) is 5.80. The van der Waals surface area contributed by atoms with Gasteiger partial charge < -0.3 is 10.1 Å². The topological polar surface area (TPSA) is 58.6 Å². The molecule has 0 spiro atoms. The van der Waals surface area contributed by atoms with E-state index in [-0.39, 0.29) is 23.6 Å². The van der Waals surface area contributed by atoms with E-state index in [1.807, 2.05) is 87.5 Å². The second-order valence-corrected chi connectivity index (χ2v) is 9.07. The summed E-state index contributed by atoms with van der Waals surface area (Å²) in [6, 6.07) is 22.6. The molecule has 2 amide bonds. The van der Waals surface area contributed by atoms with Crippen LogP contribution in [0.15, 0.2) is 78.5 Å². The number of carbonyl (C=O) groups excluding carboxylic acids is 2. The first-order valence-corrected chi connectivity index (χ1v) is 11.6. The lowest BCUT2D eigenvalue weighted by Crippen LogP contribution is -2.33. The average molecular weight is 455 g/mol. The van der Waals surface area contributed by atoms with Crippen molar-refractivity contribution in [1.82, 2.24) is 0 Å². The molecule has 5 nitrogen and oxygen atoms in total. The molecule has 5 heteroatoms. The number of hydrogen-bond donors (Lipinski definition) is 1. The number of ether oxygens (including phenoxy) is 1. The molecule has 0 saturated carbocycles. The Hall–Kier alpha value is -3.86. The van der Waals surface area contributed by atoms with E-state index < -0.39 is 0 Å². The molecule has 0 unspecified atom stereocenters. The minimum atomic E-state index is -0.371. The molecule has 1 aliphatic rings. The summed E-state index contributed by atoms with van der Waals surface area (Å²) < 4.78 is 5.74. The van der Waals surface area contributed by atoms with Crippen LogP contribution in [0.25, 0.3) is 5.57 Å². The van der Waals surface area contributed by atoms with Crippen molar-refractivity contribution >= 4 is 28.8 Å². The Labute approximate surface area is 201 Å². The summed E-state index contributed by atoms with van der Waals surface area (Å²) in [7, 11) is 0. The number of carbonyl (C=O) groups is 2. The molecule has 3 aromatic rings. The summed E-state index contributed by atoms with van der Waals surface area (Å²) in [5, 5.41) is 3.24. The molecule has 0 saturated heterocycles. The van der Waals surface area contributed by atoms with Crippen LogP contribution < -0.4 is 15.0 Å². The second kappa shape index (κ2) is 9.56. The Balaban J connectivity index is 1.77. The highest BCUT2D eigenvalue weighted by Crippen LogP contribution is 2.35. The van der Waals surface area contributed by atoms with Crippen molar-refractivity contribution in [3.8, 4) is 5.75 Å². The van der Waals surface area contributed by atoms with Gasteiger partial charge in [-0.1, -0.05) is 56.3 Å². The fourth-order valence-electron chi connectivity index (χ4n) is 4.01. The Morgan fingerprint density at radius 2 is 1.44 bits per heavy atom.